The fourth-order valence-electron chi connectivity index (χ4n) is 2.07. The lowest BCUT2D eigenvalue weighted by Gasteiger charge is -2.06. The fourth-order valence-corrected chi connectivity index (χ4v) is 2.60. The van der Waals surface area contributed by atoms with Gasteiger partial charge in [-0.3, -0.25) is 4.79 Å². The number of aromatic amines is 1. The molecule has 0 bridgehead atoms. The van der Waals surface area contributed by atoms with E-state index >= 15 is 0 Å². The molecule has 0 fully saturated rings. The molecule has 0 aliphatic rings. The topological polar surface area (TPSA) is 59.2 Å². The van der Waals surface area contributed by atoms with E-state index in [9.17, 15) is 9.00 Å². The van der Waals surface area contributed by atoms with Crippen LogP contribution in [0, 0.1) is 0 Å². The van der Waals surface area contributed by atoms with Gasteiger partial charge in [0.15, 0.2) is 0 Å². The minimum absolute atomic E-state index is 0.109. The van der Waals surface area contributed by atoms with Gasteiger partial charge in [-0.15, -0.1) is 0 Å². The Balaban J connectivity index is 0.000000254. The zero-order chi connectivity index (χ0) is 18.8. The lowest BCUT2D eigenvalue weighted by Crippen LogP contribution is -2.02. The third kappa shape index (κ3) is 6.67. The lowest BCUT2D eigenvalue weighted by atomic mass is 10.2. The van der Waals surface area contributed by atoms with Gasteiger partial charge >= 0.3 is 0 Å². The third-order valence-corrected chi connectivity index (χ3v) is 4.45. The Morgan fingerprint density at radius 3 is 2.42 bits per heavy atom. The van der Waals surface area contributed by atoms with Crippen LogP contribution in [-0.2, 0) is 11.3 Å². The molecular weight excluding hydrogens is 393 g/mol. The molecule has 0 atom stereocenters. The summed E-state index contributed by atoms with van der Waals surface area (Å²) in [6, 6.07) is 16.0. The number of nitrogens with one attached hydrogen (secondary N) is 1. The van der Waals surface area contributed by atoms with Crippen LogP contribution in [0.1, 0.15) is 12.8 Å². The molecule has 0 radical (unpaired) electrons. The molecule has 0 saturated carbocycles. The number of halogens is 2. The zero-order valence-electron chi connectivity index (χ0n) is 13.8. The average molecular weight is 410 g/mol. The molecule has 4 nitrogen and oxygen atoms in total. The van der Waals surface area contributed by atoms with Crippen molar-refractivity contribution in [1.29, 1.82) is 0 Å². The van der Waals surface area contributed by atoms with Crippen LogP contribution in [0.2, 0.25) is 10.0 Å². The van der Waals surface area contributed by atoms with Gasteiger partial charge in [0.2, 0.25) is 5.56 Å². The second kappa shape index (κ2) is 10.8. The third-order valence-electron chi connectivity index (χ3n) is 3.32. The van der Waals surface area contributed by atoms with Crippen LogP contribution in [-0.4, -0.2) is 21.2 Å². The van der Waals surface area contributed by atoms with Crippen LogP contribution < -0.4 is 10.3 Å². The van der Waals surface area contributed by atoms with Gasteiger partial charge in [-0.25, -0.2) is 4.21 Å². The van der Waals surface area contributed by atoms with Gasteiger partial charge in [-0.2, -0.15) is 0 Å². The van der Waals surface area contributed by atoms with Crippen molar-refractivity contribution in [3.05, 3.63) is 75.0 Å². The second-order valence-corrected chi connectivity index (χ2v) is 6.58. The van der Waals surface area contributed by atoms with Crippen LogP contribution in [0.5, 0.6) is 5.75 Å². The number of aromatic nitrogens is 1. The van der Waals surface area contributed by atoms with E-state index in [0.29, 0.717) is 27.9 Å². The Hall–Kier alpha value is -2.08. The van der Waals surface area contributed by atoms with E-state index in [0.717, 1.165) is 29.5 Å². The zero-order valence-corrected chi connectivity index (χ0v) is 16.1. The Kier molecular flexibility index (Phi) is 8.41. The first kappa shape index (κ1) is 20.2. The lowest BCUT2D eigenvalue weighted by molar-refractivity contribution is 0.314. The molecule has 26 heavy (non-hydrogen) atoms. The summed E-state index contributed by atoms with van der Waals surface area (Å²) >= 11 is 11.6. The number of hydrogen-bond acceptors (Lipinski definition) is 3. The summed E-state index contributed by atoms with van der Waals surface area (Å²) in [4.78, 5) is 13.9. The van der Waals surface area contributed by atoms with Gasteiger partial charge in [0.25, 0.3) is 0 Å². The van der Waals surface area contributed by atoms with Crippen molar-refractivity contribution in [2.45, 2.75) is 12.8 Å². The van der Waals surface area contributed by atoms with Crippen molar-refractivity contribution < 1.29 is 8.95 Å². The van der Waals surface area contributed by atoms with Gasteiger partial charge in [-0.1, -0.05) is 35.3 Å². The van der Waals surface area contributed by atoms with Crippen molar-refractivity contribution in [2.75, 3.05) is 6.61 Å². The Labute approximate surface area is 164 Å². The Morgan fingerprint density at radius 2 is 1.77 bits per heavy atom. The van der Waals surface area contributed by atoms with Crippen LogP contribution in [0.3, 0.4) is 0 Å². The summed E-state index contributed by atoms with van der Waals surface area (Å²) in [5, 5.41) is 3.77. The normalized spacial score (nSPS) is 9.92. The maximum Gasteiger partial charge on any atom is 0.248 e. The predicted molar refractivity (Wildman–Crippen MR) is 110 cm³/mol. The van der Waals surface area contributed by atoms with Crippen LogP contribution >= 0.6 is 23.2 Å². The van der Waals surface area contributed by atoms with E-state index in [1.807, 2.05) is 30.3 Å². The summed E-state index contributed by atoms with van der Waals surface area (Å²) in [6.45, 7) is 0.575. The van der Waals surface area contributed by atoms with Gasteiger partial charge in [0.05, 0.1) is 27.9 Å². The van der Waals surface area contributed by atoms with E-state index in [-0.39, 0.29) is 5.56 Å². The summed E-state index contributed by atoms with van der Waals surface area (Å²) < 4.78 is 15.7. The second-order valence-electron chi connectivity index (χ2n) is 5.24. The van der Waals surface area contributed by atoms with Gasteiger partial charge < -0.3 is 9.72 Å². The number of benzene rings is 2. The summed E-state index contributed by atoms with van der Waals surface area (Å²) in [5.74, 6) is 0.768. The molecule has 1 aromatic heterocycles. The first-order valence-corrected chi connectivity index (χ1v) is 9.42. The Morgan fingerprint density at radius 1 is 1.04 bits per heavy atom. The van der Waals surface area contributed by atoms with E-state index in [1.54, 1.807) is 23.6 Å². The molecule has 1 N–H and O–H groups in total. The smallest absolute Gasteiger partial charge is 0.248 e. The van der Waals surface area contributed by atoms with E-state index in [2.05, 4.69) is 4.98 Å². The number of unbranched alkanes of at least 4 members (excludes halogenated alkanes) is 1. The maximum absolute atomic E-state index is 11.1. The summed E-state index contributed by atoms with van der Waals surface area (Å²) in [7, 11) is 0. The average Bonchev–Trinajstić information content (AvgIpc) is 2.64. The predicted octanol–water partition coefficient (Wildman–Crippen LogP) is 4.70. The van der Waals surface area contributed by atoms with E-state index < -0.39 is 0 Å². The van der Waals surface area contributed by atoms with Gasteiger partial charge in [-0.05, 0) is 49.2 Å². The monoisotopic (exact) mass is 409 g/mol. The number of fused-ring (bicyclic) bond motifs is 1. The maximum atomic E-state index is 11.1. The molecule has 136 valence electrons. The number of ether oxygens (including phenoxy) is 1. The minimum atomic E-state index is -0.109. The molecule has 0 unspecified atom stereocenters. The van der Waals surface area contributed by atoms with E-state index in [4.69, 9.17) is 27.9 Å². The number of H-pyrrole nitrogens is 1. The highest BCUT2D eigenvalue weighted by Crippen LogP contribution is 2.19. The molecule has 0 aliphatic carbocycles. The number of rotatable bonds is 5. The molecule has 7 heteroatoms. The molecule has 1 heterocycles. The van der Waals surface area contributed by atoms with Crippen molar-refractivity contribution in [3.8, 4) is 5.75 Å². The molecule has 0 aliphatic heterocycles. The molecule has 0 spiro atoms. The van der Waals surface area contributed by atoms with Crippen molar-refractivity contribution in [1.82, 2.24) is 4.98 Å². The van der Waals surface area contributed by atoms with Crippen LogP contribution in [0.15, 0.2) is 59.4 Å². The summed E-state index contributed by atoms with van der Waals surface area (Å²) in [6.07, 6.45) is 1.56. The van der Waals surface area contributed by atoms with Crippen molar-refractivity contribution in [2.24, 2.45) is 0 Å². The molecule has 3 rings (SSSR count). The van der Waals surface area contributed by atoms with Crippen molar-refractivity contribution >= 4 is 50.7 Å². The van der Waals surface area contributed by atoms with E-state index in [1.165, 1.54) is 6.07 Å². The van der Waals surface area contributed by atoms with Crippen molar-refractivity contribution in [3.63, 3.8) is 0 Å². The standard InChI is InChI=1S/C13H13NO3S.C6H4Cl2/c15-13-6-3-10-9-11(4-5-12(10)14-13)17-7-1-2-8-18-16;7-5-3-1-2-4-6(5)8/h3-6,8-9H,1-2,7H2,(H,14,15);1-4H. The quantitative estimate of drug-likeness (QED) is 0.490. The Bertz CT molecular complexity index is 947. The van der Waals surface area contributed by atoms with Gasteiger partial charge in [0.1, 0.15) is 5.75 Å². The minimum Gasteiger partial charge on any atom is -0.494 e. The molecule has 0 saturated heterocycles. The molecule has 2 aromatic carbocycles. The first-order chi connectivity index (χ1) is 12.6. The first-order valence-electron chi connectivity index (χ1n) is 7.86. The molecule has 0 amide bonds. The molecule has 3 aromatic rings. The highest BCUT2D eigenvalue weighted by molar-refractivity contribution is 7.64. The molecular formula is C19H17Cl2NO3S. The van der Waals surface area contributed by atoms with Gasteiger partial charge in [0, 0.05) is 22.3 Å². The SMILES string of the molecule is Clc1ccccc1Cl.O=S=CCCCOc1ccc2[nH]c(=O)ccc2c1. The fraction of sp³-hybridized carbons (Fsp3) is 0.158. The number of hydrogen-bond donors (Lipinski definition) is 1. The van der Waals surface area contributed by atoms with Crippen LogP contribution in [0.4, 0.5) is 0 Å². The largest absolute Gasteiger partial charge is 0.494 e. The highest BCUT2D eigenvalue weighted by atomic mass is 35.5. The highest BCUT2D eigenvalue weighted by Gasteiger charge is 1.98. The van der Waals surface area contributed by atoms with Crippen LogP contribution in [0.25, 0.3) is 10.9 Å². The summed E-state index contributed by atoms with van der Waals surface area (Å²) in [5.41, 5.74) is 0.688. The number of pyridine rings is 1.